The number of hydrogen-bond donors (Lipinski definition) is 1. The molecule has 0 amide bonds. The molecule has 6 heteroatoms. The van der Waals surface area contributed by atoms with E-state index in [0.717, 1.165) is 15.9 Å². The summed E-state index contributed by atoms with van der Waals surface area (Å²) in [6, 6.07) is 5.55. The molecule has 0 saturated carbocycles. The van der Waals surface area contributed by atoms with Crippen LogP contribution in [-0.2, 0) is 0 Å². The van der Waals surface area contributed by atoms with E-state index in [1.54, 1.807) is 12.3 Å². The summed E-state index contributed by atoms with van der Waals surface area (Å²) in [5.41, 5.74) is 7.33. The van der Waals surface area contributed by atoms with Gasteiger partial charge in [-0.05, 0) is 47.5 Å². The zero-order valence-electron chi connectivity index (χ0n) is 10.1. The maximum atomic E-state index is 5.73. The lowest BCUT2D eigenvalue weighted by atomic mass is 10.2. The van der Waals surface area contributed by atoms with E-state index in [-0.39, 0.29) is 12.1 Å². The van der Waals surface area contributed by atoms with E-state index in [1.165, 1.54) is 0 Å². The molecule has 1 unspecified atom stereocenters. The number of aromatic nitrogens is 3. The Morgan fingerprint density at radius 1 is 1.33 bits per heavy atom. The van der Waals surface area contributed by atoms with Crippen molar-refractivity contribution >= 4 is 21.9 Å². The van der Waals surface area contributed by atoms with E-state index in [2.05, 4.69) is 30.9 Å². The van der Waals surface area contributed by atoms with Crippen LogP contribution in [0, 0.1) is 6.92 Å². The van der Waals surface area contributed by atoms with Gasteiger partial charge in [-0.1, -0.05) is 0 Å². The van der Waals surface area contributed by atoms with Crippen molar-refractivity contribution in [3.8, 4) is 5.88 Å². The van der Waals surface area contributed by atoms with Crippen molar-refractivity contribution in [2.75, 3.05) is 5.73 Å². The Labute approximate surface area is 114 Å². The Hall–Kier alpha value is -1.69. The van der Waals surface area contributed by atoms with E-state index in [4.69, 9.17) is 10.5 Å². The van der Waals surface area contributed by atoms with E-state index in [1.807, 2.05) is 26.0 Å². The van der Waals surface area contributed by atoms with Gasteiger partial charge in [-0.15, -0.1) is 0 Å². The molecule has 2 rings (SSSR count). The predicted octanol–water partition coefficient (Wildman–Crippen LogP) is 2.66. The summed E-state index contributed by atoms with van der Waals surface area (Å²) in [5.74, 6) is 0.785. The lowest BCUT2D eigenvalue weighted by Gasteiger charge is -2.14. The minimum absolute atomic E-state index is 0.237. The highest BCUT2D eigenvalue weighted by Gasteiger charge is 2.11. The highest BCUT2D eigenvalue weighted by atomic mass is 79.9. The second-order valence-electron chi connectivity index (χ2n) is 3.91. The van der Waals surface area contributed by atoms with Gasteiger partial charge in [-0.3, -0.25) is 0 Å². The molecule has 94 valence electrons. The topological polar surface area (TPSA) is 73.9 Å². The number of aryl methyl sites for hydroxylation is 1. The molecular formula is C12H13BrN4O. The molecule has 0 spiro atoms. The molecule has 2 aromatic rings. The number of ether oxygens (including phenoxy) is 1. The van der Waals surface area contributed by atoms with Crippen molar-refractivity contribution in [3.63, 3.8) is 0 Å². The third-order valence-electron chi connectivity index (χ3n) is 2.32. The molecule has 0 radical (unpaired) electrons. The van der Waals surface area contributed by atoms with Gasteiger partial charge in [-0.2, -0.15) is 0 Å². The zero-order valence-corrected chi connectivity index (χ0v) is 11.7. The largest absolute Gasteiger partial charge is 0.468 e. The fourth-order valence-electron chi connectivity index (χ4n) is 1.51. The molecule has 0 saturated heterocycles. The summed E-state index contributed by atoms with van der Waals surface area (Å²) in [6.45, 7) is 3.87. The van der Waals surface area contributed by atoms with Crippen LogP contribution in [0.3, 0.4) is 0 Å². The number of halogens is 1. The highest BCUT2D eigenvalue weighted by molar-refractivity contribution is 9.10. The third-order valence-corrected chi connectivity index (χ3v) is 2.73. The summed E-state index contributed by atoms with van der Waals surface area (Å²) < 4.78 is 6.47. The number of nitrogen functional groups attached to an aromatic ring is 1. The molecular weight excluding hydrogens is 296 g/mol. The van der Waals surface area contributed by atoms with E-state index in [9.17, 15) is 0 Å². The Morgan fingerprint density at radius 2 is 2.11 bits per heavy atom. The summed E-state index contributed by atoms with van der Waals surface area (Å²) >= 11 is 3.33. The van der Waals surface area contributed by atoms with Gasteiger partial charge in [0.15, 0.2) is 0 Å². The Kier molecular flexibility index (Phi) is 3.76. The minimum Gasteiger partial charge on any atom is -0.468 e. The first kappa shape index (κ1) is 12.8. The van der Waals surface area contributed by atoms with Crippen LogP contribution in [0.2, 0.25) is 0 Å². The number of rotatable bonds is 3. The molecule has 0 aliphatic rings. The van der Waals surface area contributed by atoms with Gasteiger partial charge in [0.25, 0.3) is 0 Å². The zero-order chi connectivity index (χ0) is 13.1. The van der Waals surface area contributed by atoms with Gasteiger partial charge in [0.05, 0.1) is 5.69 Å². The monoisotopic (exact) mass is 308 g/mol. The lowest BCUT2D eigenvalue weighted by molar-refractivity contribution is 0.212. The second-order valence-corrected chi connectivity index (χ2v) is 4.72. The highest BCUT2D eigenvalue weighted by Crippen LogP contribution is 2.22. The molecule has 2 heterocycles. The van der Waals surface area contributed by atoms with Crippen molar-refractivity contribution < 1.29 is 4.74 Å². The molecule has 18 heavy (non-hydrogen) atoms. The van der Waals surface area contributed by atoms with Crippen LogP contribution >= 0.6 is 15.9 Å². The molecule has 0 aliphatic carbocycles. The van der Waals surface area contributed by atoms with Crippen LogP contribution in [-0.4, -0.2) is 15.0 Å². The number of nitrogens with two attached hydrogens (primary N) is 1. The molecule has 0 fully saturated rings. The molecule has 2 N–H and O–H groups in total. The first-order valence-electron chi connectivity index (χ1n) is 5.44. The standard InChI is InChI=1S/C12H13BrN4O/c1-7-5-10(13)17-11(6-7)18-8(2)9-3-4-15-12(14)16-9/h3-6,8H,1-2H3,(H2,14,15,16). The van der Waals surface area contributed by atoms with Crippen LogP contribution < -0.4 is 10.5 Å². The minimum atomic E-state index is -0.239. The van der Waals surface area contributed by atoms with Crippen LogP contribution in [0.15, 0.2) is 29.0 Å². The average Bonchev–Trinajstić information content (AvgIpc) is 2.27. The first-order chi connectivity index (χ1) is 8.54. The van der Waals surface area contributed by atoms with Gasteiger partial charge >= 0.3 is 0 Å². The van der Waals surface area contributed by atoms with Crippen LogP contribution in [0.5, 0.6) is 5.88 Å². The molecule has 5 nitrogen and oxygen atoms in total. The van der Waals surface area contributed by atoms with Crippen LogP contribution in [0.1, 0.15) is 24.3 Å². The van der Waals surface area contributed by atoms with Crippen LogP contribution in [0.25, 0.3) is 0 Å². The van der Waals surface area contributed by atoms with Crippen molar-refractivity contribution in [2.24, 2.45) is 0 Å². The smallest absolute Gasteiger partial charge is 0.220 e. The SMILES string of the molecule is Cc1cc(Br)nc(OC(C)c2ccnc(N)n2)c1. The van der Waals surface area contributed by atoms with E-state index >= 15 is 0 Å². The van der Waals surface area contributed by atoms with Gasteiger partial charge in [0.1, 0.15) is 10.7 Å². The Bertz CT molecular complexity index is 541. The fourth-order valence-corrected chi connectivity index (χ4v) is 2.05. The Morgan fingerprint density at radius 3 is 2.78 bits per heavy atom. The molecule has 1 atom stereocenters. The van der Waals surface area contributed by atoms with Crippen molar-refractivity contribution in [1.82, 2.24) is 15.0 Å². The van der Waals surface area contributed by atoms with Gasteiger partial charge in [0.2, 0.25) is 11.8 Å². The maximum Gasteiger partial charge on any atom is 0.220 e. The lowest BCUT2D eigenvalue weighted by Crippen LogP contribution is -2.08. The number of anilines is 1. The molecule has 0 aliphatic heterocycles. The third kappa shape index (κ3) is 3.16. The van der Waals surface area contributed by atoms with Crippen LogP contribution in [0.4, 0.5) is 5.95 Å². The quantitative estimate of drug-likeness (QED) is 0.882. The van der Waals surface area contributed by atoms with Gasteiger partial charge in [0, 0.05) is 12.3 Å². The van der Waals surface area contributed by atoms with Gasteiger partial charge in [-0.25, -0.2) is 15.0 Å². The summed E-state index contributed by atoms with van der Waals surface area (Å²) in [5, 5.41) is 0. The Balaban J connectivity index is 2.18. The number of hydrogen-bond acceptors (Lipinski definition) is 5. The molecule has 0 aromatic carbocycles. The number of nitrogens with zero attached hydrogens (tertiary/aromatic N) is 3. The van der Waals surface area contributed by atoms with Crippen molar-refractivity contribution in [3.05, 3.63) is 40.3 Å². The van der Waals surface area contributed by atoms with Crippen molar-refractivity contribution in [1.29, 1.82) is 0 Å². The summed E-state index contributed by atoms with van der Waals surface area (Å²) in [4.78, 5) is 12.2. The average molecular weight is 309 g/mol. The predicted molar refractivity (Wildman–Crippen MR) is 72.2 cm³/mol. The summed E-state index contributed by atoms with van der Waals surface area (Å²) in [6.07, 6.45) is 1.37. The van der Waals surface area contributed by atoms with E-state index < -0.39 is 0 Å². The van der Waals surface area contributed by atoms with Gasteiger partial charge < -0.3 is 10.5 Å². The van der Waals surface area contributed by atoms with Crippen molar-refractivity contribution in [2.45, 2.75) is 20.0 Å². The van der Waals surface area contributed by atoms with E-state index in [0.29, 0.717) is 5.88 Å². The maximum absolute atomic E-state index is 5.73. The second kappa shape index (κ2) is 5.30. The molecule has 2 aromatic heterocycles. The number of pyridine rings is 1. The fraction of sp³-hybridized carbons (Fsp3) is 0.250. The molecule has 0 bridgehead atoms. The summed E-state index contributed by atoms with van der Waals surface area (Å²) in [7, 11) is 0. The normalized spacial score (nSPS) is 12.2. The first-order valence-corrected chi connectivity index (χ1v) is 6.23.